The molecule has 2 aromatic rings. The maximum Gasteiger partial charge on any atom is 0.256 e. The van der Waals surface area contributed by atoms with Crippen LogP contribution in [0.15, 0.2) is 24.3 Å². The molecule has 0 spiro atoms. The average molecular weight is 385 g/mol. The molecule has 0 saturated carbocycles. The third kappa shape index (κ3) is 3.22. The monoisotopic (exact) mass is 384 g/mol. The number of fused-ring (bicyclic) bond motifs is 3. The fourth-order valence-corrected chi connectivity index (χ4v) is 5.59. The summed E-state index contributed by atoms with van der Waals surface area (Å²) in [5.41, 5.74) is 3.50. The molecule has 2 heterocycles. The summed E-state index contributed by atoms with van der Waals surface area (Å²) >= 11 is 1.78. The Morgan fingerprint density at radius 3 is 2.85 bits per heavy atom. The molecule has 0 fully saturated rings. The van der Waals surface area contributed by atoms with Gasteiger partial charge in [0.2, 0.25) is 0 Å². The zero-order chi connectivity index (χ0) is 19.2. The van der Waals surface area contributed by atoms with Gasteiger partial charge in [-0.3, -0.25) is 4.79 Å². The molecule has 27 heavy (non-hydrogen) atoms. The van der Waals surface area contributed by atoms with E-state index >= 15 is 0 Å². The Bertz CT molecular complexity index is 871. The van der Waals surface area contributed by atoms with Gasteiger partial charge in [-0.15, -0.1) is 11.3 Å². The number of hydrogen-bond donors (Lipinski definition) is 2. The number of benzene rings is 1. The van der Waals surface area contributed by atoms with Crippen LogP contribution in [0.4, 0.5) is 5.00 Å². The normalized spacial score (nSPS) is 21.7. The number of nitrogens with one attached hydrogen (secondary N) is 2. The molecule has 0 radical (unpaired) electrons. The first-order chi connectivity index (χ1) is 12.9. The minimum Gasteiger partial charge on any atom is -0.497 e. The third-order valence-electron chi connectivity index (χ3n) is 6.49. The van der Waals surface area contributed by atoms with Crippen molar-refractivity contribution in [2.75, 3.05) is 12.4 Å². The highest BCUT2D eigenvalue weighted by atomic mass is 32.1. The van der Waals surface area contributed by atoms with Gasteiger partial charge in [0.1, 0.15) is 16.9 Å². The van der Waals surface area contributed by atoms with E-state index in [1.807, 2.05) is 24.3 Å². The van der Waals surface area contributed by atoms with Crippen LogP contribution in [-0.4, -0.2) is 13.0 Å². The topological polar surface area (TPSA) is 50.4 Å². The number of carbonyl (C=O) groups excluding carboxylic acids is 1. The Morgan fingerprint density at radius 1 is 1.30 bits per heavy atom. The number of hydrogen-bond acceptors (Lipinski definition) is 4. The second-order valence-electron chi connectivity index (χ2n) is 8.32. The molecule has 0 saturated heterocycles. The molecule has 5 heteroatoms. The lowest BCUT2D eigenvalue weighted by Gasteiger charge is -2.36. The van der Waals surface area contributed by atoms with E-state index in [-0.39, 0.29) is 12.1 Å². The summed E-state index contributed by atoms with van der Waals surface area (Å²) in [5.74, 6) is 1.53. The van der Waals surface area contributed by atoms with Crippen molar-refractivity contribution in [1.82, 2.24) is 5.32 Å². The van der Waals surface area contributed by atoms with Crippen LogP contribution in [0.2, 0.25) is 0 Å². The summed E-state index contributed by atoms with van der Waals surface area (Å²) in [4.78, 5) is 14.3. The van der Waals surface area contributed by atoms with Crippen LogP contribution >= 0.6 is 11.3 Å². The molecular weight excluding hydrogens is 356 g/mol. The van der Waals surface area contributed by atoms with Crippen LogP contribution in [0.3, 0.4) is 0 Å². The molecule has 2 N–H and O–H groups in total. The molecule has 1 aromatic carbocycles. The second-order valence-corrected chi connectivity index (χ2v) is 9.42. The number of ether oxygens (including phenoxy) is 1. The van der Waals surface area contributed by atoms with Crippen molar-refractivity contribution in [3.63, 3.8) is 0 Å². The molecule has 1 amide bonds. The molecule has 1 aliphatic carbocycles. The van der Waals surface area contributed by atoms with Crippen molar-refractivity contribution in [1.29, 1.82) is 0 Å². The minimum atomic E-state index is -0.219. The quantitative estimate of drug-likeness (QED) is 0.766. The van der Waals surface area contributed by atoms with Crippen molar-refractivity contribution < 1.29 is 9.53 Å². The van der Waals surface area contributed by atoms with Crippen molar-refractivity contribution in [2.45, 2.75) is 52.6 Å². The number of amides is 1. The highest BCUT2D eigenvalue weighted by molar-refractivity contribution is 7.16. The number of methoxy groups -OCH3 is 1. The van der Waals surface area contributed by atoms with E-state index < -0.39 is 0 Å². The first-order valence-corrected chi connectivity index (χ1v) is 10.6. The van der Waals surface area contributed by atoms with Gasteiger partial charge in [-0.05, 0) is 53.9 Å². The summed E-state index contributed by atoms with van der Waals surface area (Å²) in [7, 11) is 1.66. The average Bonchev–Trinajstić information content (AvgIpc) is 3.06. The van der Waals surface area contributed by atoms with Crippen LogP contribution < -0.4 is 15.4 Å². The molecule has 1 aliphatic heterocycles. The van der Waals surface area contributed by atoms with E-state index in [9.17, 15) is 4.79 Å². The Kier molecular flexibility index (Phi) is 4.66. The molecule has 2 aliphatic rings. The third-order valence-corrected chi connectivity index (χ3v) is 7.67. The fraction of sp³-hybridized carbons (Fsp3) is 0.500. The zero-order valence-corrected chi connectivity index (χ0v) is 17.3. The fourth-order valence-electron chi connectivity index (χ4n) is 4.24. The van der Waals surface area contributed by atoms with Gasteiger partial charge in [0, 0.05) is 4.88 Å². The number of anilines is 1. The largest absolute Gasteiger partial charge is 0.497 e. The van der Waals surface area contributed by atoms with Crippen LogP contribution in [0.25, 0.3) is 0 Å². The lowest BCUT2D eigenvalue weighted by molar-refractivity contribution is 0.0934. The number of thiophene rings is 1. The van der Waals surface area contributed by atoms with Gasteiger partial charge >= 0.3 is 0 Å². The molecule has 0 bridgehead atoms. The van der Waals surface area contributed by atoms with E-state index in [2.05, 4.69) is 31.4 Å². The lowest BCUT2D eigenvalue weighted by atomic mass is 9.69. The lowest BCUT2D eigenvalue weighted by Crippen LogP contribution is -2.38. The smallest absolute Gasteiger partial charge is 0.256 e. The van der Waals surface area contributed by atoms with Crippen LogP contribution in [0.1, 0.15) is 66.1 Å². The second kappa shape index (κ2) is 6.86. The molecule has 144 valence electrons. The minimum absolute atomic E-state index is 0.0438. The molecule has 4 rings (SSSR count). The molecule has 4 nitrogen and oxygen atoms in total. The first-order valence-electron chi connectivity index (χ1n) is 9.79. The van der Waals surface area contributed by atoms with E-state index in [0.29, 0.717) is 11.3 Å². The van der Waals surface area contributed by atoms with Crippen molar-refractivity contribution in [3.8, 4) is 5.75 Å². The summed E-state index contributed by atoms with van der Waals surface area (Å²) in [6.07, 6.45) is 4.24. The Balaban J connectivity index is 1.63. The van der Waals surface area contributed by atoms with Gasteiger partial charge in [-0.2, -0.15) is 0 Å². The SMILES string of the molecule is CCC(C)(C)C1CCc2c(sc3c2C(=O)NC(c2cccc(OC)c2)N3)C1. The maximum absolute atomic E-state index is 12.9. The maximum atomic E-state index is 12.9. The molecular formula is C22H28N2O2S. The standard InChI is InChI=1S/C22H28N2O2S/c1-5-22(2,3)14-9-10-16-17(12-14)27-21-18(16)20(25)23-19(24-21)13-7-6-8-15(11-13)26-4/h6-8,11,14,19,24H,5,9-10,12H2,1-4H3,(H,23,25). The van der Waals surface area contributed by atoms with Gasteiger partial charge in [0.15, 0.2) is 0 Å². The Labute approximate surface area is 165 Å². The number of rotatable bonds is 4. The highest BCUT2D eigenvalue weighted by Gasteiger charge is 2.37. The Hall–Kier alpha value is -2.01. The Morgan fingerprint density at radius 2 is 2.11 bits per heavy atom. The van der Waals surface area contributed by atoms with E-state index in [0.717, 1.165) is 34.7 Å². The summed E-state index contributed by atoms with van der Waals surface area (Å²) in [6.45, 7) is 7.03. The summed E-state index contributed by atoms with van der Waals surface area (Å²) < 4.78 is 5.32. The van der Waals surface area contributed by atoms with Gasteiger partial charge < -0.3 is 15.4 Å². The van der Waals surface area contributed by atoms with E-state index in [1.165, 1.54) is 23.3 Å². The number of carbonyl (C=O) groups is 1. The van der Waals surface area contributed by atoms with Crippen molar-refractivity contribution in [3.05, 3.63) is 45.8 Å². The van der Waals surface area contributed by atoms with Crippen LogP contribution in [0, 0.1) is 11.3 Å². The van der Waals surface area contributed by atoms with Gasteiger partial charge in [0.25, 0.3) is 5.91 Å². The molecule has 1 aromatic heterocycles. The molecule has 2 unspecified atom stereocenters. The van der Waals surface area contributed by atoms with E-state index in [1.54, 1.807) is 18.4 Å². The molecule has 2 atom stereocenters. The van der Waals surface area contributed by atoms with Gasteiger partial charge in [0.05, 0.1) is 12.7 Å². The van der Waals surface area contributed by atoms with Crippen LogP contribution in [-0.2, 0) is 12.8 Å². The van der Waals surface area contributed by atoms with E-state index in [4.69, 9.17) is 4.74 Å². The first kappa shape index (κ1) is 18.4. The highest BCUT2D eigenvalue weighted by Crippen LogP contribution is 2.47. The summed E-state index contributed by atoms with van der Waals surface area (Å²) in [5, 5.41) is 7.70. The van der Waals surface area contributed by atoms with Gasteiger partial charge in [-0.25, -0.2) is 0 Å². The van der Waals surface area contributed by atoms with Crippen molar-refractivity contribution >= 4 is 22.2 Å². The van der Waals surface area contributed by atoms with Crippen molar-refractivity contribution in [2.24, 2.45) is 11.3 Å². The van der Waals surface area contributed by atoms with Gasteiger partial charge in [-0.1, -0.05) is 39.3 Å². The summed E-state index contributed by atoms with van der Waals surface area (Å²) in [6, 6.07) is 7.85. The van der Waals surface area contributed by atoms with Crippen LogP contribution in [0.5, 0.6) is 5.75 Å². The predicted octanol–water partition coefficient (Wildman–Crippen LogP) is 5.15. The zero-order valence-electron chi connectivity index (χ0n) is 16.5. The predicted molar refractivity (Wildman–Crippen MR) is 111 cm³/mol.